The number of aromatic nitrogens is 1. The molecule has 1 unspecified atom stereocenters. The quantitative estimate of drug-likeness (QED) is 0.496. The normalized spacial score (nSPS) is 18.3. The van der Waals surface area contributed by atoms with Crippen molar-refractivity contribution in [1.29, 1.82) is 0 Å². The van der Waals surface area contributed by atoms with E-state index in [2.05, 4.69) is 38.1 Å². The summed E-state index contributed by atoms with van der Waals surface area (Å²) in [6, 6.07) is 10.2. The molecule has 7 heteroatoms. The van der Waals surface area contributed by atoms with E-state index in [1.54, 1.807) is 0 Å². The number of rotatable bonds is 5. The Bertz CT molecular complexity index is 730. The molecule has 0 radical (unpaired) electrons. The Kier molecular flexibility index (Phi) is 5.17. The fourth-order valence-corrected chi connectivity index (χ4v) is 3.06. The highest BCUT2D eigenvalue weighted by molar-refractivity contribution is 6.30. The summed E-state index contributed by atoms with van der Waals surface area (Å²) in [5.74, 6) is -0.0177. The number of hydrogen-bond donors (Lipinski definition) is 2. The van der Waals surface area contributed by atoms with Crippen LogP contribution >= 0.6 is 11.6 Å². The molecule has 1 saturated heterocycles. The van der Waals surface area contributed by atoms with Gasteiger partial charge in [0.2, 0.25) is 5.96 Å². The molecule has 1 aromatic carbocycles. The van der Waals surface area contributed by atoms with Gasteiger partial charge in [-0.25, -0.2) is 0 Å². The molecule has 4 N–H and O–H groups in total. The Labute approximate surface area is 146 Å². The van der Waals surface area contributed by atoms with Crippen LogP contribution in [-0.2, 0) is 6.54 Å². The highest BCUT2D eigenvalue weighted by Crippen LogP contribution is 2.20. The Morgan fingerprint density at radius 3 is 2.79 bits per heavy atom. The summed E-state index contributed by atoms with van der Waals surface area (Å²) in [6.45, 7) is 1.92. The Hall–Kier alpha value is -2.31. The zero-order chi connectivity index (χ0) is 16.9. The monoisotopic (exact) mass is 344 g/mol. The van der Waals surface area contributed by atoms with Gasteiger partial charge in [-0.1, -0.05) is 11.6 Å². The van der Waals surface area contributed by atoms with Crippen molar-refractivity contribution < 1.29 is 0 Å². The minimum Gasteiger partial charge on any atom is -0.369 e. The average Bonchev–Trinajstić information content (AvgIpc) is 3.18. The fraction of sp³-hybridized carbons (Fsp3) is 0.294. The highest BCUT2D eigenvalue weighted by Gasteiger charge is 2.23. The van der Waals surface area contributed by atoms with E-state index in [4.69, 9.17) is 23.1 Å². The second-order valence-electron chi connectivity index (χ2n) is 5.87. The van der Waals surface area contributed by atoms with Crippen LogP contribution in [-0.4, -0.2) is 34.2 Å². The number of likely N-dealkylation sites (tertiary alicyclic amines) is 1. The standard InChI is InChI=1S/C17H21ClN6/c18-14-3-5-15(6-4-14)24-9-7-13(12-24)11-23-8-1-2-16(23)10-21-22-17(19)20/h3-7,9-10,12,16H,1-2,8,11H2,(H4,19,20,22)/b21-10+. The van der Waals surface area contributed by atoms with Gasteiger partial charge in [0.25, 0.3) is 0 Å². The Morgan fingerprint density at radius 2 is 2.04 bits per heavy atom. The van der Waals surface area contributed by atoms with Gasteiger partial charge in [0.15, 0.2) is 0 Å². The molecule has 1 aromatic heterocycles. The smallest absolute Gasteiger partial charge is 0.211 e. The van der Waals surface area contributed by atoms with E-state index in [1.807, 2.05) is 30.5 Å². The number of halogens is 1. The average molecular weight is 345 g/mol. The summed E-state index contributed by atoms with van der Waals surface area (Å²) in [5.41, 5.74) is 12.9. The van der Waals surface area contributed by atoms with Crippen molar-refractivity contribution in [1.82, 2.24) is 9.47 Å². The summed E-state index contributed by atoms with van der Waals surface area (Å²) < 4.78 is 2.10. The van der Waals surface area contributed by atoms with Gasteiger partial charge in [-0.3, -0.25) is 4.90 Å². The SMILES string of the molecule is NC(N)=N/N=C/C1CCCN1Cc1ccn(-c2ccc(Cl)cc2)c1. The lowest BCUT2D eigenvalue weighted by atomic mass is 10.2. The molecule has 1 aliphatic rings. The predicted octanol–water partition coefficient (Wildman–Crippen LogP) is 2.35. The van der Waals surface area contributed by atoms with Crippen LogP contribution in [0.5, 0.6) is 0 Å². The minimum atomic E-state index is -0.0177. The number of nitrogens with zero attached hydrogens (tertiary/aromatic N) is 4. The third-order valence-electron chi connectivity index (χ3n) is 4.09. The summed E-state index contributed by atoms with van der Waals surface area (Å²) >= 11 is 5.94. The van der Waals surface area contributed by atoms with E-state index in [0.29, 0.717) is 0 Å². The summed E-state index contributed by atoms with van der Waals surface area (Å²) in [6.07, 6.45) is 8.25. The number of hydrogen-bond acceptors (Lipinski definition) is 3. The lowest BCUT2D eigenvalue weighted by Gasteiger charge is -2.20. The molecule has 0 bridgehead atoms. The van der Waals surface area contributed by atoms with E-state index < -0.39 is 0 Å². The van der Waals surface area contributed by atoms with E-state index in [-0.39, 0.29) is 12.0 Å². The van der Waals surface area contributed by atoms with Crippen molar-refractivity contribution >= 4 is 23.8 Å². The van der Waals surface area contributed by atoms with Gasteiger partial charge in [-0.15, -0.1) is 5.10 Å². The largest absolute Gasteiger partial charge is 0.369 e. The van der Waals surface area contributed by atoms with Gasteiger partial charge in [0.05, 0.1) is 0 Å². The molecule has 3 rings (SSSR count). The van der Waals surface area contributed by atoms with Gasteiger partial charge in [0, 0.05) is 41.9 Å². The van der Waals surface area contributed by atoms with E-state index >= 15 is 0 Å². The summed E-state index contributed by atoms with van der Waals surface area (Å²) in [7, 11) is 0. The summed E-state index contributed by atoms with van der Waals surface area (Å²) in [5, 5.41) is 8.38. The van der Waals surface area contributed by atoms with Gasteiger partial charge >= 0.3 is 0 Å². The zero-order valence-electron chi connectivity index (χ0n) is 13.3. The molecule has 0 amide bonds. The molecule has 0 aliphatic carbocycles. The number of nitrogens with two attached hydrogens (primary N) is 2. The van der Waals surface area contributed by atoms with Crippen molar-refractivity contribution in [2.24, 2.45) is 21.7 Å². The van der Waals surface area contributed by atoms with Crippen LogP contribution < -0.4 is 11.5 Å². The first-order valence-corrected chi connectivity index (χ1v) is 8.28. The molecule has 1 aliphatic heterocycles. The van der Waals surface area contributed by atoms with Gasteiger partial charge in [-0.2, -0.15) is 5.10 Å². The molecule has 6 nitrogen and oxygen atoms in total. The van der Waals surface area contributed by atoms with Crippen LogP contribution in [0, 0.1) is 0 Å². The van der Waals surface area contributed by atoms with E-state index in [9.17, 15) is 0 Å². The number of benzene rings is 1. The molecule has 24 heavy (non-hydrogen) atoms. The van der Waals surface area contributed by atoms with Crippen molar-refractivity contribution in [3.05, 3.63) is 53.3 Å². The van der Waals surface area contributed by atoms with E-state index in [1.165, 1.54) is 5.56 Å². The van der Waals surface area contributed by atoms with Crippen molar-refractivity contribution in [3.63, 3.8) is 0 Å². The molecule has 1 fully saturated rings. The fourth-order valence-electron chi connectivity index (χ4n) is 2.94. The molecule has 2 heterocycles. The Morgan fingerprint density at radius 1 is 1.25 bits per heavy atom. The molecule has 2 aromatic rings. The van der Waals surface area contributed by atoms with Crippen LogP contribution in [0.4, 0.5) is 0 Å². The minimum absolute atomic E-state index is 0.0177. The molecular weight excluding hydrogens is 324 g/mol. The molecule has 0 saturated carbocycles. The van der Waals surface area contributed by atoms with E-state index in [0.717, 1.165) is 36.6 Å². The van der Waals surface area contributed by atoms with Crippen molar-refractivity contribution in [2.45, 2.75) is 25.4 Å². The first kappa shape index (κ1) is 16.5. The van der Waals surface area contributed by atoms with Crippen molar-refractivity contribution in [2.75, 3.05) is 6.54 Å². The third kappa shape index (κ3) is 4.15. The maximum absolute atomic E-state index is 5.94. The maximum Gasteiger partial charge on any atom is 0.211 e. The second kappa shape index (κ2) is 7.51. The highest BCUT2D eigenvalue weighted by atomic mass is 35.5. The second-order valence-corrected chi connectivity index (χ2v) is 6.31. The molecular formula is C17H21ClN6. The van der Waals surface area contributed by atoms with Gasteiger partial charge in [0.1, 0.15) is 0 Å². The van der Waals surface area contributed by atoms with Crippen LogP contribution in [0.3, 0.4) is 0 Å². The zero-order valence-corrected chi connectivity index (χ0v) is 14.1. The van der Waals surface area contributed by atoms with Crippen LogP contribution in [0.25, 0.3) is 5.69 Å². The molecule has 0 spiro atoms. The molecule has 1 atom stereocenters. The molecule has 126 valence electrons. The number of guanidine groups is 1. The first-order chi connectivity index (χ1) is 11.6. The maximum atomic E-state index is 5.94. The summed E-state index contributed by atoms with van der Waals surface area (Å²) in [4.78, 5) is 2.38. The van der Waals surface area contributed by atoms with Crippen LogP contribution in [0.15, 0.2) is 52.9 Å². The van der Waals surface area contributed by atoms with Gasteiger partial charge in [-0.05, 0) is 55.3 Å². The van der Waals surface area contributed by atoms with Crippen LogP contribution in [0.2, 0.25) is 5.02 Å². The first-order valence-electron chi connectivity index (χ1n) is 7.91. The lowest BCUT2D eigenvalue weighted by molar-refractivity contribution is 0.297. The third-order valence-corrected chi connectivity index (χ3v) is 4.34. The predicted molar refractivity (Wildman–Crippen MR) is 98.5 cm³/mol. The van der Waals surface area contributed by atoms with Crippen LogP contribution in [0.1, 0.15) is 18.4 Å². The van der Waals surface area contributed by atoms with Gasteiger partial charge < -0.3 is 16.0 Å². The van der Waals surface area contributed by atoms with Crippen molar-refractivity contribution in [3.8, 4) is 5.69 Å². The Balaban J connectivity index is 1.66. The lowest BCUT2D eigenvalue weighted by Crippen LogP contribution is -2.30. The topological polar surface area (TPSA) is 84.9 Å².